The van der Waals surface area contributed by atoms with Gasteiger partial charge in [-0.05, 0) is 35.1 Å². The third-order valence-electron chi connectivity index (χ3n) is 5.38. The summed E-state index contributed by atoms with van der Waals surface area (Å²) in [7, 11) is 2.52. The minimum Gasteiger partial charge on any atom is -0.466 e. The van der Waals surface area contributed by atoms with Gasteiger partial charge in [-0.2, -0.15) is 11.3 Å². The SMILES string of the molecule is [C-]#[N+]c1cccc2c(C3C(C(=O)OC)=C(C=O)NC(C4CC4)=C3C(=O)OC)csc12. The topological polar surface area (TPSA) is 86.1 Å². The number of carbonyl (C=O) groups is 3. The molecule has 1 aliphatic heterocycles. The van der Waals surface area contributed by atoms with Crippen molar-refractivity contribution in [3.05, 3.63) is 63.1 Å². The average molecular weight is 422 g/mol. The molecule has 1 aromatic carbocycles. The predicted molar refractivity (Wildman–Crippen MR) is 111 cm³/mol. The predicted octanol–water partition coefficient (Wildman–Crippen LogP) is 3.60. The highest BCUT2D eigenvalue weighted by molar-refractivity contribution is 7.18. The Kier molecular flexibility index (Phi) is 5.14. The van der Waals surface area contributed by atoms with Crippen molar-refractivity contribution in [3.63, 3.8) is 0 Å². The summed E-state index contributed by atoms with van der Waals surface area (Å²) in [6, 6.07) is 5.33. The fourth-order valence-electron chi connectivity index (χ4n) is 3.88. The maximum absolute atomic E-state index is 12.9. The molecule has 1 aliphatic carbocycles. The molecule has 1 unspecified atom stereocenters. The van der Waals surface area contributed by atoms with Gasteiger partial charge in [0.25, 0.3) is 0 Å². The van der Waals surface area contributed by atoms with Gasteiger partial charge in [0, 0.05) is 10.4 Å². The number of esters is 2. The van der Waals surface area contributed by atoms with Crippen LogP contribution < -0.4 is 5.32 Å². The average Bonchev–Trinajstić information content (AvgIpc) is 3.54. The molecule has 1 aromatic heterocycles. The number of benzene rings is 1. The second kappa shape index (κ2) is 7.76. The molecule has 2 aliphatic rings. The van der Waals surface area contributed by atoms with E-state index in [2.05, 4.69) is 10.2 Å². The molecule has 2 aromatic rings. The third-order valence-corrected chi connectivity index (χ3v) is 6.42. The number of nitrogens with one attached hydrogen (secondary N) is 1. The van der Waals surface area contributed by atoms with Crippen LogP contribution in [0.15, 0.2) is 46.1 Å². The number of carbonyl (C=O) groups excluding carboxylic acids is 3. The summed E-state index contributed by atoms with van der Waals surface area (Å²) in [6.45, 7) is 7.42. The van der Waals surface area contributed by atoms with E-state index in [1.165, 1.54) is 25.6 Å². The number of hydrogen-bond donors (Lipinski definition) is 1. The van der Waals surface area contributed by atoms with Crippen LogP contribution in [0.5, 0.6) is 0 Å². The first-order chi connectivity index (χ1) is 14.5. The second-order valence-electron chi connectivity index (χ2n) is 7.04. The standard InChI is InChI=1S/C22H18N2O5S/c1-23-14-6-4-5-12-13(10-30-20(12)14)16-17(21(26)28-2)15(9-25)24-19(11-7-8-11)18(16)22(27)29-3/h4-6,9-11,16,24H,7-8H2,2-3H3. The van der Waals surface area contributed by atoms with Crippen LogP contribution in [0.25, 0.3) is 14.9 Å². The molecule has 0 saturated heterocycles. The zero-order valence-corrected chi connectivity index (χ0v) is 17.2. The van der Waals surface area contributed by atoms with Gasteiger partial charge in [-0.1, -0.05) is 18.2 Å². The van der Waals surface area contributed by atoms with Gasteiger partial charge in [0.1, 0.15) is 0 Å². The Labute approximate surface area is 176 Å². The van der Waals surface area contributed by atoms with Gasteiger partial charge in [-0.25, -0.2) is 14.4 Å². The number of allylic oxidation sites excluding steroid dienone is 2. The fourth-order valence-corrected chi connectivity index (χ4v) is 4.94. The molecular weight excluding hydrogens is 404 g/mol. The van der Waals surface area contributed by atoms with Crippen LogP contribution in [-0.4, -0.2) is 32.4 Å². The fraction of sp³-hybridized carbons (Fsp3) is 0.273. The highest BCUT2D eigenvalue weighted by atomic mass is 32.1. The van der Waals surface area contributed by atoms with Crippen molar-refractivity contribution in [2.45, 2.75) is 18.8 Å². The van der Waals surface area contributed by atoms with Crippen molar-refractivity contribution in [2.75, 3.05) is 14.2 Å². The highest BCUT2D eigenvalue weighted by Gasteiger charge is 2.44. The van der Waals surface area contributed by atoms with E-state index in [1.807, 2.05) is 11.4 Å². The summed E-state index contributed by atoms with van der Waals surface area (Å²) in [5, 5.41) is 5.58. The van der Waals surface area contributed by atoms with Crippen LogP contribution in [0.3, 0.4) is 0 Å². The van der Waals surface area contributed by atoms with E-state index in [4.69, 9.17) is 16.0 Å². The van der Waals surface area contributed by atoms with E-state index in [0.29, 0.717) is 28.8 Å². The van der Waals surface area contributed by atoms with E-state index in [-0.39, 0.29) is 17.2 Å². The van der Waals surface area contributed by atoms with Gasteiger partial charge in [-0.15, -0.1) is 0 Å². The van der Waals surface area contributed by atoms with Gasteiger partial charge < -0.3 is 14.8 Å². The summed E-state index contributed by atoms with van der Waals surface area (Å²) in [5.74, 6) is -2.01. The molecule has 4 rings (SSSR count). The van der Waals surface area contributed by atoms with Crippen LogP contribution in [0, 0.1) is 12.5 Å². The first-order valence-electron chi connectivity index (χ1n) is 9.30. The van der Waals surface area contributed by atoms with Crippen molar-refractivity contribution < 1.29 is 23.9 Å². The summed E-state index contributed by atoms with van der Waals surface area (Å²) >= 11 is 1.36. The molecule has 0 radical (unpaired) electrons. The van der Waals surface area contributed by atoms with Crippen molar-refractivity contribution in [1.82, 2.24) is 5.32 Å². The first-order valence-corrected chi connectivity index (χ1v) is 10.2. The van der Waals surface area contributed by atoms with Crippen LogP contribution in [0.2, 0.25) is 0 Å². The van der Waals surface area contributed by atoms with Crippen LogP contribution in [-0.2, 0) is 23.9 Å². The summed E-state index contributed by atoms with van der Waals surface area (Å²) in [5.41, 5.74) is 2.22. The summed E-state index contributed by atoms with van der Waals surface area (Å²) < 4.78 is 10.8. The van der Waals surface area contributed by atoms with Crippen molar-refractivity contribution in [2.24, 2.45) is 5.92 Å². The molecular formula is C22H18N2O5S. The quantitative estimate of drug-likeness (QED) is 0.450. The van der Waals surface area contributed by atoms with Crippen molar-refractivity contribution >= 4 is 45.3 Å². The summed E-state index contributed by atoms with van der Waals surface area (Å²) in [4.78, 5) is 41.1. The molecule has 7 nitrogen and oxygen atoms in total. The third kappa shape index (κ3) is 3.08. The molecule has 0 amide bonds. The van der Waals surface area contributed by atoms with E-state index < -0.39 is 17.9 Å². The largest absolute Gasteiger partial charge is 0.466 e. The van der Waals surface area contributed by atoms with Crippen molar-refractivity contribution in [3.8, 4) is 0 Å². The molecule has 30 heavy (non-hydrogen) atoms. The Hall–Kier alpha value is -3.44. The lowest BCUT2D eigenvalue weighted by Gasteiger charge is -2.30. The van der Waals surface area contributed by atoms with E-state index >= 15 is 0 Å². The number of ether oxygens (including phenoxy) is 2. The number of dihydropyridines is 1. The molecule has 1 fully saturated rings. The Morgan fingerprint density at radius 1 is 1.20 bits per heavy atom. The Bertz CT molecular complexity index is 1180. The number of thiophene rings is 1. The van der Waals surface area contributed by atoms with Gasteiger partial charge in [0.05, 0.1) is 43.6 Å². The number of nitrogens with zero attached hydrogens (tertiary/aromatic N) is 1. The van der Waals surface area contributed by atoms with E-state index in [9.17, 15) is 14.4 Å². The Morgan fingerprint density at radius 2 is 1.90 bits per heavy atom. The van der Waals surface area contributed by atoms with Crippen LogP contribution in [0.4, 0.5) is 5.69 Å². The maximum Gasteiger partial charge on any atom is 0.336 e. The lowest BCUT2D eigenvalue weighted by atomic mass is 9.79. The first kappa shape index (κ1) is 19.9. The molecule has 1 atom stereocenters. The van der Waals surface area contributed by atoms with Gasteiger partial charge in [0.2, 0.25) is 5.69 Å². The minimum atomic E-state index is -0.836. The van der Waals surface area contributed by atoms with Crippen LogP contribution in [0.1, 0.15) is 24.3 Å². The lowest BCUT2D eigenvalue weighted by molar-refractivity contribution is -0.137. The number of fused-ring (bicyclic) bond motifs is 1. The molecule has 2 heterocycles. The highest BCUT2D eigenvalue weighted by Crippen LogP contribution is 2.49. The maximum atomic E-state index is 12.9. The number of methoxy groups -OCH3 is 2. The molecule has 0 spiro atoms. The number of hydrogen-bond acceptors (Lipinski definition) is 7. The second-order valence-corrected chi connectivity index (χ2v) is 7.92. The van der Waals surface area contributed by atoms with Gasteiger partial charge >= 0.3 is 11.9 Å². The number of aldehydes is 1. The van der Waals surface area contributed by atoms with E-state index in [1.54, 1.807) is 12.1 Å². The zero-order chi connectivity index (χ0) is 21.4. The monoisotopic (exact) mass is 422 g/mol. The Morgan fingerprint density at radius 3 is 2.50 bits per heavy atom. The molecule has 1 N–H and O–H groups in total. The Balaban J connectivity index is 2.04. The van der Waals surface area contributed by atoms with Crippen molar-refractivity contribution in [1.29, 1.82) is 0 Å². The molecule has 8 heteroatoms. The zero-order valence-electron chi connectivity index (χ0n) is 16.4. The van der Waals surface area contributed by atoms with Gasteiger partial charge in [0.15, 0.2) is 6.29 Å². The van der Waals surface area contributed by atoms with Gasteiger partial charge in [-0.3, -0.25) is 4.79 Å². The van der Waals surface area contributed by atoms with Crippen LogP contribution >= 0.6 is 11.3 Å². The molecule has 0 bridgehead atoms. The minimum absolute atomic E-state index is 0.0604. The normalized spacial score (nSPS) is 18.6. The smallest absolute Gasteiger partial charge is 0.336 e. The molecule has 1 saturated carbocycles. The van der Waals surface area contributed by atoms with E-state index in [0.717, 1.165) is 22.9 Å². The summed E-state index contributed by atoms with van der Waals surface area (Å²) in [6.07, 6.45) is 2.33. The lowest BCUT2D eigenvalue weighted by Crippen LogP contribution is -2.34. The number of rotatable bonds is 5. The molecule has 152 valence electrons.